The lowest BCUT2D eigenvalue weighted by atomic mass is 10.0. The maximum atomic E-state index is 11.4. The van der Waals surface area contributed by atoms with Crippen LogP contribution in [0.25, 0.3) is 11.3 Å². The van der Waals surface area contributed by atoms with Crippen LogP contribution in [-0.2, 0) is 17.8 Å². The van der Waals surface area contributed by atoms with Gasteiger partial charge in [-0.05, 0) is 42.5 Å². The lowest BCUT2D eigenvalue weighted by Crippen LogP contribution is -2.20. The predicted octanol–water partition coefficient (Wildman–Crippen LogP) is 4.39. The van der Waals surface area contributed by atoms with E-state index in [1.54, 1.807) is 35.0 Å². The van der Waals surface area contributed by atoms with Gasteiger partial charge in [0, 0.05) is 28.1 Å². The van der Waals surface area contributed by atoms with Crippen LogP contribution in [0.4, 0.5) is 0 Å². The van der Waals surface area contributed by atoms with Crippen molar-refractivity contribution in [2.75, 3.05) is 6.61 Å². The minimum Gasteiger partial charge on any atom is -0.478 e. The lowest BCUT2D eigenvalue weighted by molar-refractivity contribution is 0.0697. The molecule has 0 radical (unpaired) electrons. The third-order valence-electron chi connectivity index (χ3n) is 5.85. The van der Waals surface area contributed by atoms with Gasteiger partial charge in [-0.3, -0.25) is 0 Å². The van der Waals surface area contributed by atoms with Crippen LogP contribution >= 0.6 is 11.6 Å². The number of aliphatic hydroxyl groups is 1. The van der Waals surface area contributed by atoms with E-state index in [4.69, 9.17) is 26.5 Å². The van der Waals surface area contributed by atoms with Crippen LogP contribution in [-0.4, -0.2) is 32.6 Å². The molecule has 2 heterocycles. The number of ether oxygens (including phenoxy) is 1. The van der Waals surface area contributed by atoms with Gasteiger partial charge in [0.1, 0.15) is 0 Å². The lowest BCUT2D eigenvalue weighted by Gasteiger charge is -2.21. The summed E-state index contributed by atoms with van der Waals surface area (Å²) in [6.45, 7) is 0.955. The highest BCUT2D eigenvalue weighted by atomic mass is 35.5. The van der Waals surface area contributed by atoms with Crippen molar-refractivity contribution < 1.29 is 19.7 Å². The number of carboxylic acids is 1. The zero-order valence-electron chi connectivity index (χ0n) is 16.2. The number of nitrogens with zero attached hydrogens (tertiary/aromatic N) is 2. The van der Waals surface area contributed by atoms with Crippen molar-refractivity contribution in [2.24, 2.45) is 0 Å². The summed E-state index contributed by atoms with van der Waals surface area (Å²) < 4.78 is 7.32. The highest BCUT2D eigenvalue weighted by Gasteiger charge is 2.32. The minimum absolute atomic E-state index is 0.216. The largest absolute Gasteiger partial charge is 0.478 e. The molecule has 2 N–H and O–H groups in total. The molecule has 1 saturated carbocycles. The van der Waals surface area contributed by atoms with Gasteiger partial charge in [0.25, 0.3) is 0 Å². The van der Waals surface area contributed by atoms with Crippen molar-refractivity contribution >= 4 is 17.6 Å². The monoisotopic (exact) mass is 424 g/mol. The van der Waals surface area contributed by atoms with Crippen molar-refractivity contribution in [3.8, 4) is 11.3 Å². The number of aliphatic hydroxyl groups excluding tert-OH is 1. The Morgan fingerprint density at radius 1 is 1.20 bits per heavy atom. The molecule has 0 amide bonds. The summed E-state index contributed by atoms with van der Waals surface area (Å²) in [5, 5.41) is 25.8. The molecule has 154 valence electrons. The van der Waals surface area contributed by atoms with Crippen molar-refractivity contribution in [1.82, 2.24) is 9.78 Å². The van der Waals surface area contributed by atoms with Crippen molar-refractivity contribution in [1.29, 1.82) is 0 Å². The second-order valence-corrected chi connectivity index (χ2v) is 8.20. The zero-order valence-corrected chi connectivity index (χ0v) is 17.0. The molecule has 6 nitrogen and oxygen atoms in total. The van der Waals surface area contributed by atoms with Crippen LogP contribution in [0.2, 0.25) is 5.02 Å². The summed E-state index contributed by atoms with van der Waals surface area (Å²) in [5.74, 6) is -0.537. The molecular formula is C23H21ClN2O4. The third-order valence-corrected chi connectivity index (χ3v) is 6.18. The molecule has 0 bridgehead atoms. The van der Waals surface area contributed by atoms with Crippen LogP contribution in [0.5, 0.6) is 0 Å². The van der Waals surface area contributed by atoms with Crippen LogP contribution in [0.15, 0.2) is 42.5 Å². The first kappa shape index (κ1) is 19.3. The first-order valence-electron chi connectivity index (χ1n) is 10.0. The van der Waals surface area contributed by atoms with E-state index >= 15 is 0 Å². The fraction of sp³-hybridized carbons (Fsp3) is 0.304. The number of aromatic nitrogens is 2. The summed E-state index contributed by atoms with van der Waals surface area (Å²) in [6, 6.07) is 12.4. The molecular weight excluding hydrogens is 404 g/mol. The third kappa shape index (κ3) is 3.31. The van der Waals surface area contributed by atoms with Gasteiger partial charge in [0.05, 0.1) is 30.2 Å². The average molecular weight is 425 g/mol. The number of rotatable bonds is 5. The number of aromatic carboxylic acids is 1. The maximum Gasteiger partial charge on any atom is 0.335 e. The van der Waals surface area contributed by atoms with E-state index in [1.165, 1.54) is 0 Å². The Morgan fingerprint density at radius 3 is 2.67 bits per heavy atom. The van der Waals surface area contributed by atoms with Crippen LogP contribution in [0, 0.1) is 0 Å². The van der Waals surface area contributed by atoms with E-state index in [9.17, 15) is 9.90 Å². The molecule has 0 saturated heterocycles. The number of carbonyl (C=O) groups is 1. The number of benzene rings is 2. The number of hydrogen-bond donors (Lipinski definition) is 2. The van der Waals surface area contributed by atoms with Gasteiger partial charge in [-0.2, -0.15) is 5.10 Å². The molecule has 5 rings (SSSR count). The number of hydrogen-bond acceptors (Lipinski definition) is 4. The van der Waals surface area contributed by atoms with Crippen LogP contribution < -0.4 is 0 Å². The van der Waals surface area contributed by atoms with E-state index in [0.29, 0.717) is 41.8 Å². The fourth-order valence-corrected chi connectivity index (χ4v) is 4.45. The first-order chi connectivity index (χ1) is 14.5. The van der Waals surface area contributed by atoms with Gasteiger partial charge in [0.15, 0.2) is 6.23 Å². The van der Waals surface area contributed by atoms with Crippen LogP contribution in [0.3, 0.4) is 0 Å². The van der Waals surface area contributed by atoms with Gasteiger partial charge >= 0.3 is 5.97 Å². The summed E-state index contributed by atoms with van der Waals surface area (Å²) in [7, 11) is 0. The quantitative estimate of drug-likeness (QED) is 0.634. The van der Waals surface area contributed by atoms with Gasteiger partial charge < -0.3 is 14.9 Å². The molecule has 1 atom stereocenters. The minimum atomic E-state index is -0.992. The average Bonchev–Trinajstić information content (AvgIpc) is 3.53. The topological polar surface area (TPSA) is 84.6 Å². The Labute approximate surface area is 178 Å². The molecule has 1 fully saturated rings. The van der Waals surface area contributed by atoms with E-state index in [2.05, 4.69) is 0 Å². The van der Waals surface area contributed by atoms with Gasteiger partial charge in [0.2, 0.25) is 0 Å². The first-order valence-corrected chi connectivity index (χ1v) is 10.4. The summed E-state index contributed by atoms with van der Waals surface area (Å²) in [4.78, 5) is 11.2. The fourth-order valence-electron chi connectivity index (χ4n) is 4.17. The second-order valence-electron chi connectivity index (χ2n) is 7.79. The molecule has 0 spiro atoms. The Kier molecular flexibility index (Phi) is 4.85. The molecule has 7 heteroatoms. The molecule has 30 heavy (non-hydrogen) atoms. The van der Waals surface area contributed by atoms with E-state index in [-0.39, 0.29) is 5.56 Å². The van der Waals surface area contributed by atoms with Crippen molar-refractivity contribution in [2.45, 2.75) is 38.0 Å². The van der Waals surface area contributed by atoms with Crippen molar-refractivity contribution in [3.63, 3.8) is 0 Å². The smallest absolute Gasteiger partial charge is 0.335 e. The molecule has 2 aliphatic rings. The Hall–Kier alpha value is -2.67. The Morgan fingerprint density at radius 2 is 1.97 bits per heavy atom. The molecule has 1 aliphatic carbocycles. The maximum absolute atomic E-state index is 11.4. The Balaban J connectivity index is 1.61. The van der Waals surface area contributed by atoms with Crippen LogP contribution in [0.1, 0.15) is 57.7 Å². The summed E-state index contributed by atoms with van der Waals surface area (Å²) in [6.07, 6.45) is 1.85. The van der Waals surface area contributed by atoms with Gasteiger partial charge in [-0.15, -0.1) is 0 Å². The van der Waals surface area contributed by atoms with Crippen molar-refractivity contribution in [3.05, 3.63) is 75.4 Å². The molecule has 1 unspecified atom stereocenters. The van der Waals surface area contributed by atoms with E-state index in [1.807, 2.05) is 12.1 Å². The highest BCUT2D eigenvalue weighted by Crippen LogP contribution is 2.45. The zero-order chi connectivity index (χ0) is 20.8. The number of halogens is 1. The molecule has 1 aliphatic heterocycles. The SMILES string of the molecule is O=C(O)c1ccc(-c2nn(C(O)c3c(Cl)cccc3C3CC3)c3c2COCC3)cc1. The number of fused-ring (bicyclic) bond motifs is 1. The number of carboxylic acid groups (broad SMARTS) is 1. The van der Waals surface area contributed by atoms with Gasteiger partial charge in [-0.25, -0.2) is 9.48 Å². The van der Waals surface area contributed by atoms with Gasteiger partial charge in [-0.1, -0.05) is 35.9 Å². The molecule has 2 aromatic carbocycles. The predicted molar refractivity (Wildman–Crippen MR) is 112 cm³/mol. The highest BCUT2D eigenvalue weighted by molar-refractivity contribution is 6.31. The normalized spacial score (nSPS) is 16.9. The van der Waals surface area contributed by atoms with E-state index in [0.717, 1.165) is 35.2 Å². The molecule has 3 aromatic rings. The summed E-state index contributed by atoms with van der Waals surface area (Å²) >= 11 is 6.52. The molecule has 1 aromatic heterocycles. The Bertz CT molecular complexity index is 1120. The standard InChI is InChI=1S/C23H21ClN2O4/c24-18-3-1-2-16(13-4-5-13)20(18)22(27)26-19-10-11-30-12-17(19)21(25-26)14-6-8-15(9-7-14)23(28)29/h1-3,6-9,13,22,27H,4-5,10-12H2,(H,28,29). The van der Waals surface area contributed by atoms with E-state index < -0.39 is 12.2 Å². The summed E-state index contributed by atoms with van der Waals surface area (Å²) in [5.41, 5.74) is 5.34. The second kappa shape index (κ2) is 7.54.